The Balaban J connectivity index is 1.92. The molecule has 0 nitrogen and oxygen atoms in total. The van der Waals surface area contributed by atoms with Gasteiger partial charge in [0.25, 0.3) is 0 Å². The molecule has 4 aromatic rings. The highest BCUT2D eigenvalue weighted by Gasteiger charge is 2.05. The first-order valence-electron chi connectivity index (χ1n) is 6.48. The fourth-order valence-electron chi connectivity index (χ4n) is 2.49. The second-order valence-corrected chi connectivity index (χ2v) is 6.85. The van der Waals surface area contributed by atoms with Crippen molar-refractivity contribution in [2.45, 2.75) is 0 Å². The van der Waals surface area contributed by atoms with Crippen LogP contribution in [-0.2, 0) is 0 Å². The van der Waals surface area contributed by atoms with Crippen LogP contribution < -0.4 is 0 Å². The quantitative estimate of drug-likeness (QED) is 0.372. The van der Waals surface area contributed by atoms with Crippen LogP contribution in [-0.4, -0.2) is 0 Å². The molecule has 0 fully saturated rings. The molecule has 20 heavy (non-hydrogen) atoms. The molecule has 0 saturated carbocycles. The molecule has 2 heteroatoms. The maximum atomic E-state index is 3.54. The number of rotatable bonds is 1. The molecule has 3 aromatic carbocycles. The predicted molar refractivity (Wildman–Crippen MR) is 92.5 cm³/mol. The lowest BCUT2D eigenvalue weighted by Gasteiger charge is -2.02. The lowest BCUT2D eigenvalue weighted by atomic mass is 10.1. The van der Waals surface area contributed by atoms with Gasteiger partial charge in [0.15, 0.2) is 0 Å². The molecule has 1 heterocycles. The predicted octanol–water partition coefficient (Wildman–Crippen LogP) is 6.48. The molecule has 4 rings (SSSR count). The zero-order valence-electron chi connectivity index (χ0n) is 10.6. The van der Waals surface area contributed by atoms with Crippen molar-refractivity contribution in [3.8, 4) is 10.4 Å². The summed E-state index contributed by atoms with van der Waals surface area (Å²) in [5.41, 5.74) is 1.29. The molecular weight excluding hydrogens is 328 g/mol. The van der Waals surface area contributed by atoms with Gasteiger partial charge in [-0.2, -0.15) is 0 Å². The standard InChI is InChI=1S/C18H11BrS/c19-16-8-7-12-5-6-14(9-15(12)10-16)18-11-13-3-1-2-4-17(13)20-18/h1-11H. The minimum Gasteiger partial charge on any atom is -0.135 e. The smallest absolute Gasteiger partial charge is 0.0355 e. The molecule has 0 atom stereocenters. The Kier molecular flexibility index (Phi) is 2.86. The van der Waals surface area contributed by atoms with Crippen molar-refractivity contribution in [3.63, 3.8) is 0 Å². The Morgan fingerprint density at radius 1 is 0.700 bits per heavy atom. The maximum absolute atomic E-state index is 3.54. The zero-order chi connectivity index (χ0) is 13.5. The van der Waals surface area contributed by atoms with Crippen molar-refractivity contribution in [1.82, 2.24) is 0 Å². The zero-order valence-corrected chi connectivity index (χ0v) is 13.0. The number of thiophene rings is 1. The average molecular weight is 339 g/mol. The summed E-state index contributed by atoms with van der Waals surface area (Å²) in [5, 5.41) is 3.87. The Hall–Kier alpha value is -1.64. The molecule has 1 aromatic heterocycles. The lowest BCUT2D eigenvalue weighted by molar-refractivity contribution is 1.70. The van der Waals surface area contributed by atoms with E-state index in [-0.39, 0.29) is 0 Å². The van der Waals surface area contributed by atoms with Gasteiger partial charge in [-0.15, -0.1) is 11.3 Å². The summed E-state index contributed by atoms with van der Waals surface area (Å²) in [7, 11) is 0. The van der Waals surface area contributed by atoms with Gasteiger partial charge < -0.3 is 0 Å². The van der Waals surface area contributed by atoms with Crippen LogP contribution in [0.5, 0.6) is 0 Å². The Labute approximate surface area is 129 Å². The van der Waals surface area contributed by atoms with Crippen molar-refractivity contribution < 1.29 is 0 Å². The molecule has 96 valence electrons. The van der Waals surface area contributed by atoms with E-state index in [0.717, 1.165) is 4.47 Å². The van der Waals surface area contributed by atoms with Gasteiger partial charge in [-0.3, -0.25) is 0 Å². The molecule has 0 spiro atoms. The third-order valence-corrected chi connectivity index (χ3v) is 5.17. The number of hydrogen-bond donors (Lipinski definition) is 0. The van der Waals surface area contributed by atoms with E-state index in [2.05, 4.69) is 82.7 Å². The van der Waals surface area contributed by atoms with E-state index in [0.29, 0.717) is 0 Å². The van der Waals surface area contributed by atoms with E-state index in [9.17, 15) is 0 Å². The van der Waals surface area contributed by atoms with Crippen LogP contribution in [0.15, 0.2) is 71.2 Å². The van der Waals surface area contributed by atoms with Gasteiger partial charge in [0.05, 0.1) is 0 Å². The summed E-state index contributed by atoms with van der Waals surface area (Å²) >= 11 is 5.40. The highest BCUT2D eigenvalue weighted by Crippen LogP contribution is 2.35. The first kappa shape index (κ1) is 12.1. The number of fused-ring (bicyclic) bond motifs is 2. The van der Waals surface area contributed by atoms with Gasteiger partial charge in [-0.05, 0) is 52.1 Å². The minimum absolute atomic E-state index is 1.12. The van der Waals surface area contributed by atoms with E-state index in [1.54, 1.807) is 0 Å². The fourth-order valence-corrected chi connectivity index (χ4v) is 3.93. The summed E-state index contributed by atoms with van der Waals surface area (Å²) in [6, 6.07) is 23.9. The first-order valence-corrected chi connectivity index (χ1v) is 8.09. The summed E-state index contributed by atoms with van der Waals surface area (Å²) in [6.45, 7) is 0. The maximum Gasteiger partial charge on any atom is 0.0355 e. The van der Waals surface area contributed by atoms with Gasteiger partial charge in [0.1, 0.15) is 0 Å². The number of benzene rings is 3. The van der Waals surface area contributed by atoms with Gasteiger partial charge in [0.2, 0.25) is 0 Å². The van der Waals surface area contributed by atoms with Crippen LogP contribution in [0.3, 0.4) is 0 Å². The molecule has 0 bridgehead atoms. The van der Waals surface area contributed by atoms with Crippen LogP contribution in [0.25, 0.3) is 31.3 Å². The van der Waals surface area contributed by atoms with Crippen LogP contribution in [0.1, 0.15) is 0 Å². The van der Waals surface area contributed by atoms with E-state index in [1.165, 1.54) is 31.3 Å². The third kappa shape index (κ3) is 2.05. The van der Waals surface area contributed by atoms with Crippen LogP contribution >= 0.6 is 27.3 Å². The van der Waals surface area contributed by atoms with E-state index in [1.807, 2.05) is 11.3 Å². The Morgan fingerprint density at radius 2 is 1.55 bits per heavy atom. The van der Waals surface area contributed by atoms with E-state index >= 15 is 0 Å². The molecule has 0 N–H and O–H groups in total. The molecular formula is C18H11BrS. The lowest BCUT2D eigenvalue weighted by Crippen LogP contribution is -1.76. The van der Waals surface area contributed by atoms with E-state index in [4.69, 9.17) is 0 Å². The second-order valence-electron chi connectivity index (χ2n) is 4.85. The normalized spacial score (nSPS) is 11.2. The Bertz CT molecular complexity index is 888. The highest BCUT2D eigenvalue weighted by molar-refractivity contribution is 9.10. The monoisotopic (exact) mass is 338 g/mol. The molecule has 0 aliphatic heterocycles. The minimum atomic E-state index is 1.12. The van der Waals surface area contributed by atoms with Crippen LogP contribution in [0.2, 0.25) is 0 Å². The topological polar surface area (TPSA) is 0 Å². The molecule has 0 unspecified atom stereocenters. The SMILES string of the molecule is Brc1ccc2ccc(-c3cc4ccccc4s3)cc2c1. The average Bonchev–Trinajstić information content (AvgIpc) is 2.90. The van der Waals surface area contributed by atoms with Gasteiger partial charge >= 0.3 is 0 Å². The Morgan fingerprint density at radius 3 is 2.45 bits per heavy atom. The molecule has 0 saturated heterocycles. The van der Waals surface area contributed by atoms with Crippen molar-refractivity contribution in [2.75, 3.05) is 0 Å². The summed E-state index contributed by atoms with van der Waals surface area (Å²) in [6.07, 6.45) is 0. The van der Waals surface area contributed by atoms with Gasteiger partial charge in [0, 0.05) is 14.0 Å². The van der Waals surface area contributed by atoms with Crippen LogP contribution in [0.4, 0.5) is 0 Å². The summed E-state index contributed by atoms with van der Waals surface area (Å²) < 4.78 is 2.47. The first-order chi connectivity index (χ1) is 9.79. The molecule has 0 aliphatic rings. The number of halogens is 1. The number of hydrogen-bond acceptors (Lipinski definition) is 1. The van der Waals surface area contributed by atoms with Gasteiger partial charge in [-0.25, -0.2) is 0 Å². The van der Waals surface area contributed by atoms with Crippen LogP contribution in [0, 0.1) is 0 Å². The van der Waals surface area contributed by atoms with E-state index < -0.39 is 0 Å². The second kappa shape index (κ2) is 4.72. The van der Waals surface area contributed by atoms with Crippen molar-refractivity contribution in [3.05, 3.63) is 71.2 Å². The van der Waals surface area contributed by atoms with Crippen molar-refractivity contribution >= 4 is 48.1 Å². The third-order valence-electron chi connectivity index (χ3n) is 3.51. The fraction of sp³-hybridized carbons (Fsp3) is 0. The van der Waals surface area contributed by atoms with Crippen molar-refractivity contribution in [1.29, 1.82) is 0 Å². The summed E-state index contributed by atoms with van der Waals surface area (Å²) in [5.74, 6) is 0. The highest BCUT2D eigenvalue weighted by atomic mass is 79.9. The molecule has 0 aliphatic carbocycles. The molecule has 0 amide bonds. The van der Waals surface area contributed by atoms with Gasteiger partial charge in [-0.1, -0.05) is 52.3 Å². The molecule has 0 radical (unpaired) electrons. The van der Waals surface area contributed by atoms with Crippen molar-refractivity contribution in [2.24, 2.45) is 0 Å². The largest absolute Gasteiger partial charge is 0.135 e. The summed E-state index contributed by atoms with van der Waals surface area (Å²) in [4.78, 5) is 1.33.